The van der Waals surface area contributed by atoms with Gasteiger partial charge in [-0.1, -0.05) is 32.0 Å². The second-order valence-corrected chi connectivity index (χ2v) is 13.1. The van der Waals surface area contributed by atoms with Gasteiger partial charge in [0, 0.05) is 48.7 Å². The third-order valence-electron chi connectivity index (χ3n) is 7.80. The molecule has 0 aliphatic heterocycles. The Morgan fingerprint density at radius 2 is 1.58 bits per heavy atom. The first kappa shape index (κ1) is 36.6. The average Bonchev–Trinajstić information content (AvgIpc) is 3.54. The number of thiophene rings is 1. The van der Waals surface area contributed by atoms with Crippen molar-refractivity contribution in [2.24, 2.45) is 5.73 Å². The number of hydrogen-bond acceptors (Lipinski definition) is 7. The minimum absolute atomic E-state index is 0.0189. The van der Waals surface area contributed by atoms with Crippen molar-refractivity contribution < 1.29 is 27.9 Å². The van der Waals surface area contributed by atoms with Gasteiger partial charge in [0.25, 0.3) is 5.91 Å². The first-order valence-corrected chi connectivity index (χ1v) is 17.0. The van der Waals surface area contributed by atoms with Crippen LogP contribution in [0, 0.1) is 18.6 Å². The predicted molar refractivity (Wildman–Crippen MR) is 186 cm³/mol. The molecule has 1 aromatic heterocycles. The molecule has 2 atom stereocenters. The molecule has 0 unspecified atom stereocenters. The van der Waals surface area contributed by atoms with Gasteiger partial charge in [-0.05, 0) is 104 Å². The van der Waals surface area contributed by atoms with Crippen LogP contribution in [0.2, 0.25) is 0 Å². The van der Waals surface area contributed by atoms with Gasteiger partial charge in [0.05, 0.1) is 10.4 Å². The van der Waals surface area contributed by atoms with Crippen LogP contribution in [0.15, 0.2) is 72.8 Å². The number of nitrogens with one attached hydrogen (secondary N) is 1. The van der Waals surface area contributed by atoms with Crippen molar-refractivity contribution in [1.29, 1.82) is 0 Å². The Kier molecular flexibility index (Phi) is 13.1. The molecule has 10 heteroatoms. The number of amides is 1. The molecule has 0 aliphatic rings. The van der Waals surface area contributed by atoms with E-state index in [4.69, 9.17) is 10.5 Å². The van der Waals surface area contributed by atoms with Crippen molar-refractivity contribution >= 4 is 29.0 Å². The monoisotopic (exact) mass is 675 g/mol. The highest BCUT2D eigenvalue weighted by Crippen LogP contribution is 2.29. The summed E-state index contributed by atoms with van der Waals surface area (Å²) in [4.78, 5) is 42.1. The van der Waals surface area contributed by atoms with Gasteiger partial charge >= 0.3 is 5.97 Å². The van der Waals surface area contributed by atoms with E-state index in [0.717, 1.165) is 40.5 Å². The molecule has 1 amide bonds. The van der Waals surface area contributed by atoms with Crippen molar-refractivity contribution in [1.82, 2.24) is 10.2 Å². The van der Waals surface area contributed by atoms with E-state index in [2.05, 4.69) is 5.32 Å². The summed E-state index contributed by atoms with van der Waals surface area (Å²) in [5.41, 5.74) is 10.2. The fourth-order valence-electron chi connectivity index (χ4n) is 5.56. The molecule has 3 N–H and O–H groups in total. The highest BCUT2D eigenvalue weighted by atomic mass is 32.1. The van der Waals surface area contributed by atoms with Crippen LogP contribution >= 0.6 is 11.3 Å². The Morgan fingerprint density at radius 1 is 0.896 bits per heavy atom. The second kappa shape index (κ2) is 17.2. The SMILES string of the molecule is CCCN(CCC)C(=O)c1cc(C)cc(C(=O)O[C@H](CNCc2cccc(-c3ccc(C(C)=O)s3)c2)[C@@H](N)Cc2cc(F)cc(F)c2)c1. The van der Waals surface area contributed by atoms with E-state index in [9.17, 15) is 23.2 Å². The number of benzene rings is 3. The molecule has 48 heavy (non-hydrogen) atoms. The van der Waals surface area contributed by atoms with Crippen molar-refractivity contribution in [2.75, 3.05) is 19.6 Å². The smallest absolute Gasteiger partial charge is 0.338 e. The lowest BCUT2D eigenvalue weighted by atomic mass is 10.0. The molecular formula is C38H43F2N3O4S. The molecule has 7 nitrogen and oxygen atoms in total. The summed E-state index contributed by atoms with van der Waals surface area (Å²) in [6.07, 6.45) is 0.806. The van der Waals surface area contributed by atoms with Crippen LogP contribution < -0.4 is 11.1 Å². The second-order valence-electron chi connectivity index (χ2n) is 12.0. The summed E-state index contributed by atoms with van der Waals surface area (Å²) in [6.45, 7) is 9.17. The lowest BCUT2D eigenvalue weighted by Crippen LogP contribution is -2.46. The van der Waals surface area contributed by atoms with Crippen LogP contribution in [0.3, 0.4) is 0 Å². The number of nitrogens with zero attached hydrogens (tertiary/aromatic N) is 1. The van der Waals surface area contributed by atoms with Gasteiger partial charge in [0.2, 0.25) is 0 Å². The number of rotatable bonds is 16. The maximum absolute atomic E-state index is 14.0. The summed E-state index contributed by atoms with van der Waals surface area (Å²) >= 11 is 1.43. The van der Waals surface area contributed by atoms with E-state index in [0.29, 0.717) is 35.6 Å². The molecule has 3 aromatic carbocycles. The lowest BCUT2D eigenvalue weighted by Gasteiger charge is -2.25. The third kappa shape index (κ3) is 10.1. The summed E-state index contributed by atoms with van der Waals surface area (Å²) in [6, 6.07) is 19.0. The molecule has 0 saturated carbocycles. The van der Waals surface area contributed by atoms with E-state index in [1.165, 1.54) is 23.5 Å². The maximum atomic E-state index is 14.0. The number of ketones is 1. The summed E-state index contributed by atoms with van der Waals surface area (Å²) in [5, 5.41) is 3.32. The summed E-state index contributed by atoms with van der Waals surface area (Å²) < 4.78 is 33.9. The van der Waals surface area contributed by atoms with Gasteiger partial charge in [0.15, 0.2) is 5.78 Å². The molecule has 0 radical (unpaired) electrons. The number of halogens is 2. The van der Waals surface area contributed by atoms with Crippen LogP contribution in [0.1, 0.15) is 80.7 Å². The molecule has 0 aliphatic carbocycles. The maximum Gasteiger partial charge on any atom is 0.338 e. The number of hydrogen-bond donors (Lipinski definition) is 2. The average molecular weight is 676 g/mol. The normalized spacial score (nSPS) is 12.4. The summed E-state index contributed by atoms with van der Waals surface area (Å²) in [7, 11) is 0. The van der Waals surface area contributed by atoms with Crippen molar-refractivity contribution in [3.05, 3.63) is 117 Å². The molecular weight excluding hydrogens is 632 g/mol. The Balaban J connectivity index is 1.53. The van der Waals surface area contributed by atoms with Gasteiger partial charge in [-0.25, -0.2) is 13.6 Å². The van der Waals surface area contributed by atoms with Crippen LogP contribution in [-0.2, 0) is 17.7 Å². The molecule has 4 rings (SSSR count). The van der Waals surface area contributed by atoms with E-state index in [1.54, 1.807) is 30.0 Å². The van der Waals surface area contributed by atoms with Crippen molar-refractivity contribution in [2.45, 2.75) is 65.6 Å². The zero-order valence-corrected chi connectivity index (χ0v) is 28.7. The Morgan fingerprint density at radius 3 is 2.23 bits per heavy atom. The van der Waals surface area contributed by atoms with Gasteiger partial charge in [-0.2, -0.15) is 0 Å². The molecule has 4 aromatic rings. The highest BCUT2D eigenvalue weighted by molar-refractivity contribution is 7.17. The highest BCUT2D eigenvalue weighted by Gasteiger charge is 2.25. The number of esters is 1. The number of carbonyl (C=O) groups is 3. The number of aryl methyl sites for hydroxylation is 1. The zero-order valence-electron chi connectivity index (χ0n) is 27.9. The van der Waals surface area contributed by atoms with Crippen LogP contribution in [0.25, 0.3) is 10.4 Å². The van der Waals surface area contributed by atoms with E-state index in [-0.39, 0.29) is 30.2 Å². The largest absolute Gasteiger partial charge is 0.456 e. The molecule has 0 fully saturated rings. The topological polar surface area (TPSA) is 102 Å². The quantitative estimate of drug-likeness (QED) is 0.0952. The Labute approximate surface area is 285 Å². The van der Waals surface area contributed by atoms with Gasteiger partial charge in [0.1, 0.15) is 17.7 Å². The Hall–Kier alpha value is -4.25. The fraction of sp³-hybridized carbons (Fsp3) is 0.342. The van der Waals surface area contributed by atoms with Crippen LogP contribution in [0.5, 0.6) is 0 Å². The minimum Gasteiger partial charge on any atom is -0.456 e. The van der Waals surface area contributed by atoms with Gasteiger partial charge in [-0.3, -0.25) is 9.59 Å². The van der Waals surface area contributed by atoms with Crippen molar-refractivity contribution in [3.63, 3.8) is 0 Å². The molecule has 1 heterocycles. The van der Waals surface area contributed by atoms with Gasteiger partial charge in [-0.15, -0.1) is 11.3 Å². The first-order chi connectivity index (χ1) is 23.0. The van der Waals surface area contributed by atoms with Crippen LogP contribution in [-0.4, -0.2) is 54.3 Å². The fourth-order valence-corrected chi connectivity index (χ4v) is 6.45. The third-order valence-corrected chi connectivity index (χ3v) is 9.04. The lowest BCUT2D eigenvalue weighted by molar-refractivity contribution is 0.0238. The molecule has 0 saturated heterocycles. The van der Waals surface area contributed by atoms with Gasteiger partial charge < -0.3 is 20.7 Å². The van der Waals surface area contributed by atoms with Crippen molar-refractivity contribution in [3.8, 4) is 10.4 Å². The molecule has 0 spiro atoms. The van der Waals surface area contributed by atoms with E-state index in [1.807, 2.05) is 57.2 Å². The predicted octanol–water partition coefficient (Wildman–Crippen LogP) is 7.35. The number of ether oxygens (including phenoxy) is 1. The first-order valence-electron chi connectivity index (χ1n) is 16.2. The summed E-state index contributed by atoms with van der Waals surface area (Å²) in [5.74, 6) is -2.23. The van der Waals surface area contributed by atoms with E-state index < -0.39 is 29.7 Å². The number of nitrogens with two attached hydrogens (primary N) is 1. The van der Waals surface area contributed by atoms with Crippen LogP contribution in [0.4, 0.5) is 8.78 Å². The zero-order chi connectivity index (χ0) is 34.8. The number of Topliss-reactive ketones (excluding diaryl/α,β-unsaturated/α-hetero) is 1. The minimum atomic E-state index is -0.876. The number of carbonyl (C=O) groups excluding carboxylic acids is 3. The Bertz CT molecular complexity index is 1710. The van der Waals surface area contributed by atoms with E-state index >= 15 is 0 Å². The standard InChI is InChI=1S/C38H43F2N3O4S/c1-5-12-43(13-6-2)37(45)29-14-24(3)15-30(20-29)38(46)47-34(33(41)19-27-17-31(39)21-32(40)18-27)23-42-22-26-8-7-9-28(16-26)36-11-10-35(48-36)25(4)44/h7-11,14-18,20-21,33-34,42H,5-6,12-13,19,22-23,41H2,1-4H3/t33-,34+/m0/s1. The molecule has 254 valence electrons. The molecule has 0 bridgehead atoms.